The number of aliphatic carboxylic acids is 1. The number of hydrogen-bond donors (Lipinski definition) is 4. The lowest BCUT2D eigenvalue weighted by atomic mass is 9.71. The van der Waals surface area contributed by atoms with E-state index in [9.17, 15) is 43.7 Å². The highest BCUT2D eigenvalue weighted by Crippen LogP contribution is 2.51. The second-order valence-corrected chi connectivity index (χ2v) is 18.6. The zero-order chi connectivity index (χ0) is 42.0. The van der Waals surface area contributed by atoms with Gasteiger partial charge in [-0.25, -0.2) is 0 Å². The molecular formula is C39H53NO13S3. The highest BCUT2D eigenvalue weighted by molar-refractivity contribution is 7.86. The van der Waals surface area contributed by atoms with Crippen molar-refractivity contribution in [2.45, 2.75) is 86.3 Å². The molecule has 0 saturated heterocycles. The molecule has 1 aliphatic heterocycles. The Labute approximate surface area is 330 Å². The first-order valence-corrected chi connectivity index (χ1v) is 22.5. The number of fused-ring (bicyclic) bond motifs is 1. The lowest BCUT2D eigenvalue weighted by Crippen LogP contribution is -2.30. The van der Waals surface area contributed by atoms with Crippen LogP contribution in [0.25, 0.3) is 0 Å². The van der Waals surface area contributed by atoms with Gasteiger partial charge in [0, 0.05) is 48.9 Å². The van der Waals surface area contributed by atoms with Crippen LogP contribution in [0.5, 0.6) is 0 Å². The Bertz CT molecular complexity index is 2160. The smallest absolute Gasteiger partial charge is 0.303 e. The van der Waals surface area contributed by atoms with E-state index in [1.165, 1.54) is 24.3 Å². The molecule has 2 aromatic carbocycles. The quantitative estimate of drug-likeness (QED) is 0.0537. The van der Waals surface area contributed by atoms with Gasteiger partial charge in [0.15, 0.2) is 0 Å². The van der Waals surface area contributed by atoms with Crippen LogP contribution in [0, 0.1) is 6.92 Å². The predicted octanol–water partition coefficient (Wildman–Crippen LogP) is 6.44. The largest absolute Gasteiger partial charge is 0.481 e. The minimum Gasteiger partial charge on any atom is -0.481 e. The number of anilines is 1. The lowest BCUT2D eigenvalue weighted by Gasteiger charge is -2.33. The highest BCUT2D eigenvalue weighted by atomic mass is 32.2. The molecule has 17 heteroatoms. The van der Waals surface area contributed by atoms with Crippen LogP contribution >= 0.6 is 0 Å². The van der Waals surface area contributed by atoms with Gasteiger partial charge in [0.2, 0.25) is 0 Å². The second-order valence-electron chi connectivity index (χ2n) is 14.2. The molecule has 0 spiro atoms. The van der Waals surface area contributed by atoms with Crippen molar-refractivity contribution in [2.24, 2.45) is 0 Å². The van der Waals surface area contributed by atoms with Crippen LogP contribution in [0.4, 0.5) is 5.69 Å². The molecule has 310 valence electrons. The van der Waals surface area contributed by atoms with Gasteiger partial charge >= 0.3 is 5.97 Å². The van der Waals surface area contributed by atoms with E-state index in [0.717, 1.165) is 11.4 Å². The van der Waals surface area contributed by atoms with Gasteiger partial charge in [0.05, 0.1) is 28.8 Å². The minimum atomic E-state index is -4.56. The maximum Gasteiger partial charge on any atom is 0.303 e. The van der Waals surface area contributed by atoms with E-state index in [4.69, 9.17) is 14.6 Å². The minimum absolute atomic E-state index is 0.0272. The van der Waals surface area contributed by atoms with Crippen molar-refractivity contribution < 1.29 is 58.3 Å². The fourth-order valence-electron chi connectivity index (χ4n) is 6.94. The molecule has 0 aromatic heterocycles. The number of methoxy groups -OCH3 is 1. The Hall–Kier alpha value is -3.68. The topological polar surface area (TPSA) is 222 Å². The van der Waals surface area contributed by atoms with Crippen molar-refractivity contribution in [1.29, 1.82) is 0 Å². The van der Waals surface area contributed by atoms with E-state index in [1.54, 1.807) is 57.4 Å². The average molecular weight is 840 g/mol. The highest BCUT2D eigenvalue weighted by Gasteiger charge is 2.43. The summed E-state index contributed by atoms with van der Waals surface area (Å²) in [6, 6.07) is 8.60. The molecule has 0 bridgehead atoms. The van der Waals surface area contributed by atoms with Crippen LogP contribution in [0.3, 0.4) is 0 Å². The summed E-state index contributed by atoms with van der Waals surface area (Å²) in [6.45, 7) is 11.3. The van der Waals surface area contributed by atoms with Gasteiger partial charge in [0.25, 0.3) is 30.4 Å². The molecule has 4 N–H and O–H groups in total. The van der Waals surface area contributed by atoms with Gasteiger partial charge < -0.3 is 19.5 Å². The van der Waals surface area contributed by atoms with Crippen molar-refractivity contribution >= 4 is 42.0 Å². The van der Waals surface area contributed by atoms with Crippen LogP contribution in [0.2, 0.25) is 0 Å². The van der Waals surface area contributed by atoms with Crippen molar-refractivity contribution in [3.05, 3.63) is 101 Å². The number of carboxylic acids is 1. The summed E-state index contributed by atoms with van der Waals surface area (Å²) < 4.78 is 112. The summed E-state index contributed by atoms with van der Waals surface area (Å²) in [4.78, 5) is 12.6. The van der Waals surface area contributed by atoms with E-state index < -0.39 is 52.9 Å². The number of allylic oxidation sites excluding steroid dienone is 7. The molecule has 0 amide bonds. The number of unbranched alkanes of at least 4 members (excludes halogenated alkanes) is 2. The zero-order valence-electron chi connectivity index (χ0n) is 32.2. The van der Waals surface area contributed by atoms with Crippen LogP contribution in [-0.2, 0) is 55.5 Å². The van der Waals surface area contributed by atoms with Gasteiger partial charge in [0.1, 0.15) is 0 Å². The third-order valence-electron chi connectivity index (χ3n) is 10.1. The maximum atomic E-state index is 12.2. The molecule has 0 saturated carbocycles. The SMILES string of the molecule is C=C(/C=C/C=C/C=C1/N(CCCCCC(=O)O)c2ccc(S(=O)(=O)O)cc2C1(C)CCOCCOC)C(C)(CCCS(=O)(=O)O)c1cc(S(=O)(=O)O)ccc1C. The number of carbonyl (C=O) groups is 1. The number of hydrogen-bond acceptors (Lipinski definition) is 10. The van der Waals surface area contributed by atoms with E-state index >= 15 is 0 Å². The van der Waals surface area contributed by atoms with E-state index in [2.05, 4.69) is 11.5 Å². The molecule has 1 heterocycles. The fraction of sp³-hybridized carbons (Fsp3) is 0.462. The monoisotopic (exact) mass is 839 g/mol. The number of aryl methyl sites for hydroxylation is 1. The maximum absolute atomic E-state index is 12.2. The number of ether oxygens (including phenoxy) is 2. The van der Waals surface area contributed by atoms with Crippen molar-refractivity contribution in [3.8, 4) is 0 Å². The summed E-state index contributed by atoms with van der Waals surface area (Å²) in [6.07, 6.45) is 11.3. The van der Waals surface area contributed by atoms with Crippen molar-refractivity contribution in [2.75, 3.05) is 44.1 Å². The summed E-state index contributed by atoms with van der Waals surface area (Å²) in [5, 5.41) is 9.10. The third-order valence-corrected chi connectivity index (χ3v) is 12.6. The van der Waals surface area contributed by atoms with E-state index in [0.29, 0.717) is 74.3 Å². The molecule has 0 fully saturated rings. The molecule has 2 aromatic rings. The Morgan fingerprint density at radius 3 is 2.18 bits per heavy atom. The second kappa shape index (κ2) is 19.7. The number of benzene rings is 2. The number of carboxylic acid groups (broad SMARTS) is 1. The standard InChI is InChI=1S/C39H53NO13S3/c1-29-16-17-31(55(46,47)48)27-33(29)38(3,20-12-26-54(43,44)45)30(2)13-8-6-9-14-36-39(4,21-23-53-25-24-52-5)34-28-32(56(49,50)51)18-19-35(34)40(36)22-11-7-10-15-37(41)42/h6,8-9,13-14,16-19,27-28H,2,7,10-12,15,20-26H2,1,3-5H3,(H,41,42)(H,43,44,45)(H,46,47,48)(H,49,50,51)/b9-6+,13-8+,36-14+. The predicted molar refractivity (Wildman–Crippen MR) is 214 cm³/mol. The molecular weight excluding hydrogens is 787 g/mol. The normalized spacial score (nSPS) is 18.2. The van der Waals surface area contributed by atoms with Crippen LogP contribution in [0.1, 0.15) is 75.5 Å². The fourth-order valence-corrected chi connectivity index (χ4v) is 8.46. The first-order valence-electron chi connectivity index (χ1n) is 18.0. The van der Waals surface area contributed by atoms with Crippen LogP contribution in [-0.4, -0.2) is 89.2 Å². The first-order chi connectivity index (χ1) is 26.0. The number of rotatable bonds is 23. The first kappa shape index (κ1) is 46.7. The Morgan fingerprint density at radius 1 is 0.893 bits per heavy atom. The molecule has 2 unspecified atom stereocenters. The van der Waals surface area contributed by atoms with Gasteiger partial charge in [-0.3, -0.25) is 18.5 Å². The molecule has 0 aliphatic carbocycles. The van der Waals surface area contributed by atoms with Crippen molar-refractivity contribution in [1.82, 2.24) is 0 Å². The lowest BCUT2D eigenvalue weighted by molar-refractivity contribution is -0.137. The zero-order valence-corrected chi connectivity index (χ0v) is 34.6. The van der Waals surface area contributed by atoms with E-state index in [1.807, 2.05) is 13.0 Å². The molecule has 14 nitrogen and oxygen atoms in total. The summed E-state index contributed by atoms with van der Waals surface area (Å²) in [5.74, 6) is -1.40. The van der Waals surface area contributed by atoms with Crippen molar-refractivity contribution in [3.63, 3.8) is 0 Å². The summed E-state index contributed by atoms with van der Waals surface area (Å²) >= 11 is 0. The third kappa shape index (κ3) is 12.7. The Morgan fingerprint density at radius 2 is 1.55 bits per heavy atom. The average Bonchev–Trinajstić information content (AvgIpc) is 3.32. The van der Waals surface area contributed by atoms with Gasteiger partial charge in [-0.2, -0.15) is 25.3 Å². The number of nitrogens with zero attached hydrogens (tertiary/aromatic N) is 1. The molecule has 1 aliphatic rings. The summed E-state index contributed by atoms with van der Waals surface area (Å²) in [7, 11) is -11.8. The molecule has 2 atom stereocenters. The Balaban J connectivity index is 2.05. The summed E-state index contributed by atoms with van der Waals surface area (Å²) in [5.41, 5.74) is 2.07. The molecule has 0 radical (unpaired) electrons. The molecule has 56 heavy (non-hydrogen) atoms. The van der Waals surface area contributed by atoms with Gasteiger partial charge in [-0.1, -0.05) is 50.3 Å². The molecule has 3 rings (SSSR count). The Kier molecular flexibility index (Phi) is 16.4. The van der Waals surface area contributed by atoms with Gasteiger partial charge in [-0.05, 0) is 105 Å². The van der Waals surface area contributed by atoms with Crippen LogP contribution < -0.4 is 4.90 Å². The van der Waals surface area contributed by atoms with E-state index in [-0.39, 0.29) is 29.1 Å². The van der Waals surface area contributed by atoms with Gasteiger partial charge in [-0.15, -0.1) is 0 Å². The van der Waals surface area contributed by atoms with Crippen LogP contribution in [0.15, 0.2) is 94.4 Å².